The van der Waals surface area contributed by atoms with E-state index in [9.17, 15) is 9.59 Å². The van der Waals surface area contributed by atoms with Crippen molar-refractivity contribution in [1.29, 1.82) is 0 Å². The normalized spacial score (nSPS) is 20.4. The number of aromatic nitrogens is 1. The number of nitrogens with zero attached hydrogens (tertiary/aromatic N) is 2. The van der Waals surface area contributed by atoms with Gasteiger partial charge >= 0.3 is 5.97 Å². The van der Waals surface area contributed by atoms with Crippen molar-refractivity contribution in [2.45, 2.75) is 39.2 Å². The third-order valence-electron chi connectivity index (χ3n) is 5.84. The number of aromatic amines is 1. The average molecular weight is 363 g/mol. The van der Waals surface area contributed by atoms with Crippen molar-refractivity contribution in [2.24, 2.45) is 0 Å². The van der Waals surface area contributed by atoms with Crippen molar-refractivity contribution >= 4 is 11.9 Å². The predicted octanol–water partition coefficient (Wildman–Crippen LogP) is 1.75. The van der Waals surface area contributed by atoms with Crippen LogP contribution in [0.3, 0.4) is 0 Å². The molecule has 1 aromatic heterocycles. The summed E-state index contributed by atoms with van der Waals surface area (Å²) in [4.78, 5) is 32.8. The first-order chi connectivity index (χ1) is 12.4. The molecular formula is C19H29N3O4. The van der Waals surface area contributed by atoms with Crippen LogP contribution in [0.25, 0.3) is 0 Å². The first-order valence-electron chi connectivity index (χ1n) is 9.34. The summed E-state index contributed by atoms with van der Waals surface area (Å²) >= 11 is 0. The number of aryl methyl sites for hydroxylation is 1. The predicted molar refractivity (Wildman–Crippen MR) is 97.5 cm³/mol. The van der Waals surface area contributed by atoms with E-state index in [1.165, 1.54) is 0 Å². The first kappa shape index (κ1) is 18.9. The Hall–Kier alpha value is -1.86. The maximum absolute atomic E-state index is 13.2. The van der Waals surface area contributed by atoms with Crippen LogP contribution in [-0.2, 0) is 9.47 Å². The van der Waals surface area contributed by atoms with Crippen molar-refractivity contribution in [3.05, 3.63) is 22.5 Å². The number of hydrogen-bond donors (Lipinski definition) is 1. The molecule has 7 heteroatoms. The topological polar surface area (TPSA) is 74.9 Å². The van der Waals surface area contributed by atoms with Crippen LogP contribution in [0.2, 0.25) is 0 Å². The molecule has 1 amide bonds. The summed E-state index contributed by atoms with van der Waals surface area (Å²) in [6, 6.07) is 0. The Morgan fingerprint density at radius 3 is 2.58 bits per heavy atom. The summed E-state index contributed by atoms with van der Waals surface area (Å²) in [5, 5.41) is 0. The molecule has 2 fully saturated rings. The smallest absolute Gasteiger partial charge is 0.340 e. The number of carbonyl (C=O) groups is 2. The molecule has 0 radical (unpaired) electrons. The van der Waals surface area contributed by atoms with E-state index in [0.29, 0.717) is 42.2 Å². The number of piperazine rings is 1. The minimum absolute atomic E-state index is 0.00826. The molecule has 3 rings (SSSR count). The maximum atomic E-state index is 13.2. The molecule has 2 aliphatic rings. The molecule has 1 spiro atoms. The number of likely N-dealkylation sites (N-methyl/N-ethyl adjacent to an activating group) is 1. The third kappa shape index (κ3) is 3.25. The molecule has 2 saturated heterocycles. The monoisotopic (exact) mass is 363 g/mol. The van der Waals surface area contributed by atoms with E-state index in [0.717, 1.165) is 32.6 Å². The van der Waals surface area contributed by atoms with E-state index < -0.39 is 0 Å². The minimum Gasteiger partial charge on any atom is -0.462 e. The largest absolute Gasteiger partial charge is 0.462 e. The van der Waals surface area contributed by atoms with Crippen LogP contribution in [0, 0.1) is 13.8 Å². The molecule has 1 aromatic rings. The summed E-state index contributed by atoms with van der Waals surface area (Å²) < 4.78 is 10.7. The lowest BCUT2D eigenvalue weighted by Crippen LogP contribution is -2.63. The molecule has 0 atom stereocenters. The molecule has 26 heavy (non-hydrogen) atoms. The van der Waals surface area contributed by atoms with Gasteiger partial charge in [-0.25, -0.2) is 4.79 Å². The standard InChI is InChI=1S/C19H29N3O4/c1-5-26-18(24)15-13(2)16(20-14(15)3)17(23)22-9-8-21(4)19(12-22)6-10-25-11-7-19/h20H,5-12H2,1-4H3. The van der Waals surface area contributed by atoms with Crippen LogP contribution in [0.5, 0.6) is 0 Å². The van der Waals surface area contributed by atoms with Gasteiger partial charge < -0.3 is 19.4 Å². The van der Waals surface area contributed by atoms with Gasteiger partial charge in [-0.15, -0.1) is 0 Å². The molecule has 3 heterocycles. The molecule has 0 saturated carbocycles. The first-order valence-corrected chi connectivity index (χ1v) is 9.34. The van der Waals surface area contributed by atoms with Gasteiger partial charge in [-0.3, -0.25) is 9.69 Å². The van der Waals surface area contributed by atoms with E-state index in [1.807, 2.05) is 11.8 Å². The fourth-order valence-corrected chi connectivity index (χ4v) is 4.16. The van der Waals surface area contributed by atoms with Crippen LogP contribution in [0.1, 0.15) is 51.9 Å². The fourth-order valence-electron chi connectivity index (χ4n) is 4.16. The summed E-state index contributed by atoms with van der Waals surface area (Å²) in [6.45, 7) is 9.40. The quantitative estimate of drug-likeness (QED) is 0.828. The van der Waals surface area contributed by atoms with E-state index >= 15 is 0 Å². The van der Waals surface area contributed by atoms with Gasteiger partial charge in [0.05, 0.1) is 12.2 Å². The van der Waals surface area contributed by atoms with Gasteiger partial charge in [0.1, 0.15) is 5.69 Å². The molecule has 0 aromatic carbocycles. The Bertz CT molecular complexity index is 691. The van der Waals surface area contributed by atoms with Crippen LogP contribution in [-0.4, -0.2) is 78.7 Å². The van der Waals surface area contributed by atoms with E-state index in [1.54, 1.807) is 13.8 Å². The number of rotatable bonds is 3. The van der Waals surface area contributed by atoms with E-state index in [-0.39, 0.29) is 17.4 Å². The van der Waals surface area contributed by atoms with Crippen LogP contribution >= 0.6 is 0 Å². The van der Waals surface area contributed by atoms with Crippen LogP contribution < -0.4 is 0 Å². The van der Waals surface area contributed by atoms with Crippen molar-refractivity contribution in [3.63, 3.8) is 0 Å². The molecule has 0 unspecified atom stereocenters. The summed E-state index contributed by atoms with van der Waals surface area (Å²) in [6.07, 6.45) is 1.87. The zero-order valence-electron chi connectivity index (χ0n) is 16.2. The number of H-pyrrole nitrogens is 1. The summed E-state index contributed by atoms with van der Waals surface area (Å²) in [7, 11) is 2.13. The number of amides is 1. The van der Waals surface area contributed by atoms with Crippen molar-refractivity contribution in [2.75, 3.05) is 46.5 Å². The van der Waals surface area contributed by atoms with Gasteiger partial charge in [-0.2, -0.15) is 0 Å². The molecule has 0 aliphatic carbocycles. The van der Waals surface area contributed by atoms with Gasteiger partial charge in [-0.05, 0) is 46.2 Å². The van der Waals surface area contributed by atoms with Gasteiger partial charge in [0, 0.05) is 44.1 Å². The highest BCUT2D eigenvalue weighted by atomic mass is 16.5. The molecule has 1 N–H and O–H groups in total. The second-order valence-electron chi connectivity index (χ2n) is 7.33. The van der Waals surface area contributed by atoms with Crippen molar-refractivity contribution in [1.82, 2.24) is 14.8 Å². The Labute approximate surface area is 154 Å². The van der Waals surface area contributed by atoms with Gasteiger partial charge in [-0.1, -0.05) is 0 Å². The second-order valence-corrected chi connectivity index (χ2v) is 7.33. The van der Waals surface area contributed by atoms with Crippen LogP contribution in [0.15, 0.2) is 0 Å². The number of nitrogens with one attached hydrogen (secondary N) is 1. The van der Waals surface area contributed by atoms with Crippen LogP contribution in [0.4, 0.5) is 0 Å². The number of carbonyl (C=O) groups excluding carboxylic acids is 2. The highest BCUT2D eigenvalue weighted by Gasteiger charge is 2.42. The molecule has 7 nitrogen and oxygen atoms in total. The molecule has 2 aliphatic heterocycles. The lowest BCUT2D eigenvalue weighted by molar-refractivity contribution is -0.0544. The Morgan fingerprint density at radius 2 is 1.92 bits per heavy atom. The second kappa shape index (κ2) is 7.40. The minimum atomic E-state index is -0.378. The lowest BCUT2D eigenvalue weighted by atomic mass is 9.86. The fraction of sp³-hybridized carbons (Fsp3) is 0.684. The maximum Gasteiger partial charge on any atom is 0.340 e. The summed E-state index contributed by atoms with van der Waals surface area (Å²) in [5.74, 6) is -0.419. The molecule has 144 valence electrons. The highest BCUT2D eigenvalue weighted by Crippen LogP contribution is 2.31. The van der Waals surface area contributed by atoms with Gasteiger partial charge in [0.15, 0.2) is 0 Å². The number of hydrogen-bond acceptors (Lipinski definition) is 5. The van der Waals surface area contributed by atoms with E-state index in [2.05, 4.69) is 16.9 Å². The third-order valence-corrected chi connectivity index (χ3v) is 5.84. The Balaban J connectivity index is 1.83. The van der Waals surface area contributed by atoms with Gasteiger partial charge in [0.2, 0.25) is 0 Å². The van der Waals surface area contributed by atoms with E-state index in [4.69, 9.17) is 9.47 Å². The average Bonchev–Trinajstić information content (AvgIpc) is 2.92. The summed E-state index contributed by atoms with van der Waals surface area (Å²) in [5.41, 5.74) is 2.32. The van der Waals surface area contributed by atoms with Crippen molar-refractivity contribution < 1.29 is 19.1 Å². The Kier molecular flexibility index (Phi) is 5.39. The zero-order chi connectivity index (χ0) is 18.9. The number of esters is 1. The number of ether oxygens (including phenoxy) is 2. The SMILES string of the molecule is CCOC(=O)c1c(C)[nH]c(C(=O)N2CCN(C)C3(CCOCC3)C2)c1C. The van der Waals surface area contributed by atoms with Gasteiger partial charge in [0.25, 0.3) is 5.91 Å². The zero-order valence-corrected chi connectivity index (χ0v) is 16.2. The van der Waals surface area contributed by atoms with Crippen molar-refractivity contribution in [3.8, 4) is 0 Å². The lowest BCUT2D eigenvalue weighted by Gasteiger charge is -2.51. The highest BCUT2D eigenvalue weighted by molar-refractivity contribution is 6.00. The molecule has 0 bridgehead atoms. The molecular weight excluding hydrogens is 334 g/mol. The Morgan fingerprint density at radius 1 is 1.23 bits per heavy atom.